The average Bonchev–Trinajstić information content (AvgIpc) is 3.26. The zero-order valence-electron chi connectivity index (χ0n) is 13.5. The second-order valence-electron chi connectivity index (χ2n) is 6.31. The summed E-state index contributed by atoms with van der Waals surface area (Å²) in [5.74, 6) is 0.858. The molecule has 0 spiro atoms. The third kappa shape index (κ3) is 3.45. The van der Waals surface area contributed by atoms with E-state index in [1.54, 1.807) is 18.2 Å². The summed E-state index contributed by atoms with van der Waals surface area (Å²) < 4.78 is 18.2. The summed E-state index contributed by atoms with van der Waals surface area (Å²) in [6.45, 7) is 0.622. The van der Waals surface area contributed by atoms with Gasteiger partial charge in [-0.15, -0.1) is 0 Å². The zero-order valence-corrected chi connectivity index (χ0v) is 13.5. The van der Waals surface area contributed by atoms with E-state index in [4.69, 9.17) is 4.52 Å². The van der Waals surface area contributed by atoms with E-state index in [0.717, 1.165) is 6.42 Å². The fourth-order valence-electron chi connectivity index (χ4n) is 3.03. The number of halogens is 1. The number of aromatic nitrogens is 1. The van der Waals surface area contributed by atoms with Crippen molar-refractivity contribution < 1.29 is 13.7 Å². The van der Waals surface area contributed by atoms with Gasteiger partial charge in [0, 0.05) is 18.2 Å². The normalized spacial score (nSPS) is 18.8. The number of hydrogen-bond donors (Lipinski definition) is 1. The Morgan fingerprint density at radius 2 is 1.92 bits per heavy atom. The van der Waals surface area contributed by atoms with Crippen molar-refractivity contribution in [2.75, 3.05) is 6.54 Å². The second-order valence-corrected chi connectivity index (χ2v) is 6.31. The van der Waals surface area contributed by atoms with Gasteiger partial charge in [0.1, 0.15) is 5.82 Å². The van der Waals surface area contributed by atoms with Crippen LogP contribution in [0.4, 0.5) is 4.39 Å². The van der Waals surface area contributed by atoms with Crippen LogP contribution >= 0.6 is 0 Å². The first kappa shape index (κ1) is 15.6. The third-order valence-electron chi connectivity index (χ3n) is 4.55. The molecule has 1 saturated carbocycles. The molecule has 2 unspecified atom stereocenters. The molecule has 0 saturated heterocycles. The molecule has 0 radical (unpaired) electrons. The van der Waals surface area contributed by atoms with Crippen LogP contribution in [0.2, 0.25) is 0 Å². The number of benzene rings is 2. The number of nitrogens with one attached hydrogen (secondary N) is 1. The molecular weight excluding hydrogens is 319 g/mol. The van der Waals surface area contributed by atoms with E-state index in [2.05, 4.69) is 22.6 Å². The van der Waals surface area contributed by atoms with E-state index in [9.17, 15) is 9.18 Å². The van der Waals surface area contributed by atoms with Crippen LogP contribution in [0.25, 0.3) is 11.3 Å². The molecule has 1 amide bonds. The number of nitrogens with zero attached hydrogens (tertiary/aromatic N) is 1. The lowest BCUT2D eigenvalue weighted by atomic mass is 10.1. The van der Waals surface area contributed by atoms with Crippen molar-refractivity contribution in [3.05, 3.63) is 77.7 Å². The minimum Gasteiger partial charge on any atom is -0.355 e. The van der Waals surface area contributed by atoms with Crippen LogP contribution in [-0.2, 0) is 0 Å². The Balaban J connectivity index is 1.34. The smallest absolute Gasteiger partial charge is 0.273 e. The first-order valence-electron chi connectivity index (χ1n) is 8.26. The van der Waals surface area contributed by atoms with Crippen LogP contribution < -0.4 is 5.32 Å². The maximum atomic E-state index is 13.0. The van der Waals surface area contributed by atoms with Gasteiger partial charge in [-0.05, 0) is 48.1 Å². The Morgan fingerprint density at radius 1 is 1.16 bits per heavy atom. The van der Waals surface area contributed by atoms with Crippen LogP contribution in [0.15, 0.2) is 65.2 Å². The zero-order chi connectivity index (χ0) is 17.2. The summed E-state index contributed by atoms with van der Waals surface area (Å²) in [7, 11) is 0. The predicted molar refractivity (Wildman–Crippen MR) is 91.5 cm³/mol. The molecule has 126 valence electrons. The monoisotopic (exact) mass is 336 g/mol. The van der Waals surface area contributed by atoms with Crippen molar-refractivity contribution in [2.24, 2.45) is 5.92 Å². The summed E-state index contributed by atoms with van der Waals surface area (Å²) in [6, 6.07) is 17.8. The molecule has 5 heteroatoms. The molecule has 4 nitrogen and oxygen atoms in total. The van der Waals surface area contributed by atoms with Gasteiger partial charge in [-0.1, -0.05) is 35.5 Å². The molecule has 1 aliphatic carbocycles. The number of carbonyl (C=O) groups is 1. The molecule has 0 bridgehead atoms. The molecule has 0 aliphatic heterocycles. The van der Waals surface area contributed by atoms with E-state index in [1.165, 1.54) is 17.7 Å². The number of carbonyl (C=O) groups excluding carboxylic acids is 1. The van der Waals surface area contributed by atoms with Crippen LogP contribution in [-0.4, -0.2) is 17.6 Å². The minimum absolute atomic E-state index is 0.233. The van der Waals surface area contributed by atoms with Crippen molar-refractivity contribution in [3.8, 4) is 11.3 Å². The molecule has 2 aromatic carbocycles. The van der Waals surface area contributed by atoms with Crippen molar-refractivity contribution in [1.29, 1.82) is 0 Å². The van der Waals surface area contributed by atoms with Crippen LogP contribution in [0.1, 0.15) is 28.4 Å². The van der Waals surface area contributed by atoms with Gasteiger partial charge < -0.3 is 9.84 Å². The highest BCUT2D eigenvalue weighted by Gasteiger charge is 2.38. The van der Waals surface area contributed by atoms with Crippen molar-refractivity contribution in [2.45, 2.75) is 12.3 Å². The second kappa shape index (κ2) is 6.51. The SMILES string of the molecule is O=C(NCC1CC1c1ccccc1)c1cc(-c2ccc(F)cc2)on1. The Kier molecular flexibility index (Phi) is 4.06. The molecule has 25 heavy (non-hydrogen) atoms. The van der Waals surface area contributed by atoms with Crippen molar-refractivity contribution in [3.63, 3.8) is 0 Å². The highest BCUT2D eigenvalue weighted by atomic mass is 19.1. The average molecular weight is 336 g/mol. The van der Waals surface area contributed by atoms with E-state index < -0.39 is 0 Å². The first-order valence-corrected chi connectivity index (χ1v) is 8.26. The molecule has 1 heterocycles. The van der Waals surface area contributed by atoms with Gasteiger partial charge in [0.15, 0.2) is 11.5 Å². The van der Waals surface area contributed by atoms with Gasteiger partial charge in [0.2, 0.25) is 0 Å². The maximum Gasteiger partial charge on any atom is 0.273 e. The summed E-state index contributed by atoms with van der Waals surface area (Å²) in [5.41, 5.74) is 2.23. The summed E-state index contributed by atoms with van der Waals surface area (Å²) in [6.07, 6.45) is 1.09. The topological polar surface area (TPSA) is 55.1 Å². The maximum absolute atomic E-state index is 13.0. The third-order valence-corrected chi connectivity index (χ3v) is 4.55. The molecule has 1 aromatic heterocycles. The van der Waals surface area contributed by atoms with Gasteiger partial charge in [0.25, 0.3) is 5.91 Å². The molecular formula is C20H17FN2O2. The van der Waals surface area contributed by atoms with Crippen LogP contribution in [0.5, 0.6) is 0 Å². The first-order chi connectivity index (χ1) is 12.2. The number of rotatable bonds is 5. The number of hydrogen-bond acceptors (Lipinski definition) is 3. The Labute approximate surface area is 144 Å². The van der Waals surface area contributed by atoms with Crippen molar-refractivity contribution in [1.82, 2.24) is 10.5 Å². The molecule has 3 aromatic rings. The van der Waals surface area contributed by atoms with Crippen LogP contribution in [0, 0.1) is 11.7 Å². The van der Waals surface area contributed by atoms with Gasteiger partial charge in [-0.25, -0.2) is 4.39 Å². The molecule has 1 N–H and O–H groups in total. The fourth-order valence-corrected chi connectivity index (χ4v) is 3.03. The predicted octanol–water partition coefficient (Wildman–Crippen LogP) is 4.01. The Bertz CT molecular complexity index is 874. The fraction of sp³-hybridized carbons (Fsp3) is 0.200. The molecule has 1 aliphatic rings. The lowest BCUT2D eigenvalue weighted by Gasteiger charge is -2.02. The minimum atomic E-state index is -0.321. The molecule has 2 atom stereocenters. The van der Waals surface area contributed by atoms with E-state index >= 15 is 0 Å². The van der Waals surface area contributed by atoms with Crippen LogP contribution in [0.3, 0.4) is 0 Å². The van der Waals surface area contributed by atoms with Gasteiger partial charge in [-0.2, -0.15) is 0 Å². The highest BCUT2D eigenvalue weighted by molar-refractivity contribution is 5.93. The van der Waals surface area contributed by atoms with Crippen molar-refractivity contribution >= 4 is 5.91 Å². The quantitative estimate of drug-likeness (QED) is 0.766. The largest absolute Gasteiger partial charge is 0.355 e. The molecule has 1 fully saturated rings. The highest BCUT2D eigenvalue weighted by Crippen LogP contribution is 2.46. The van der Waals surface area contributed by atoms with Gasteiger partial charge >= 0.3 is 0 Å². The lowest BCUT2D eigenvalue weighted by Crippen LogP contribution is -2.26. The summed E-state index contributed by atoms with van der Waals surface area (Å²) >= 11 is 0. The summed E-state index contributed by atoms with van der Waals surface area (Å²) in [5, 5.41) is 6.72. The Morgan fingerprint density at radius 3 is 2.68 bits per heavy atom. The van der Waals surface area contributed by atoms with E-state index in [0.29, 0.717) is 29.7 Å². The summed E-state index contributed by atoms with van der Waals surface area (Å²) in [4.78, 5) is 12.2. The van der Waals surface area contributed by atoms with E-state index in [-0.39, 0.29) is 17.4 Å². The van der Waals surface area contributed by atoms with Gasteiger partial charge in [-0.3, -0.25) is 4.79 Å². The standard InChI is InChI=1S/C20H17FN2O2/c21-16-8-6-14(7-9-16)19-11-18(23-25-19)20(24)22-12-15-10-17(15)13-4-2-1-3-5-13/h1-9,11,15,17H,10,12H2,(H,22,24). The number of amides is 1. The van der Waals surface area contributed by atoms with Gasteiger partial charge in [0.05, 0.1) is 0 Å². The van der Waals surface area contributed by atoms with E-state index in [1.807, 2.05) is 18.2 Å². The molecule has 4 rings (SSSR count). The Hall–Kier alpha value is -2.95. The lowest BCUT2D eigenvalue weighted by molar-refractivity contribution is 0.0942.